The van der Waals surface area contributed by atoms with E-state index in [0.717, 1.165) is 60.9 Å². The molecule has 6 rings (SSSR count). The van der Waals surface area contributed by atoms with E-state index in [4.69, 9.17) is 6.57 Å². The first-order valence-corrected chi connectivity index (χ1v) is 13.7. The molecule has 4 heteroatoms. The Bertz CT molecular complexity index is 2030. The van der Waals surface area contributed by atoms with Crippen molar-refractivity contribution in [1.29, 1.82) is 5.26 Å². The molecule has 0 heterocycles. The van der Waals surface area contributed by atoms with Gasteiger partial charge in [0.1, 0.15) is 0 Å². The van der Waals surface area contributed by atoms with E-state index < -0.39 is 0 Å². The fourth-order valence-electron chi connectivity index (χ4n) is 5.39. The summed E-state index contributed by atoms with van der Waals surface area (Å²) in [6.07, 6.45) is 4.09. The van der Waals surface area contributed by atoms with Crippen LogP contribution in [0.4, 0.5) is 22.7 Å². The van der Waals surface area contributed by atoms with Crippen LogP contribution in [0.3, 0.4) is 0 Å². The smallest absolute Gasteiger partial charge is 0.212 e. The van der Waals surface area contributed by atoms with E-state index in [-0.39, 0.29) is 6.61 Å². The SMILES string of the molecule is [C-]#[N+]c1c(C#N)c2cc(C)ccc2c2ccc(C=Cc3ccc(N(c4ccccc4)c4ccc(CO)cc4)cc3)cc12. The van der Waals surface area contributed by atoms with Crippen LogP contribution in [-0.4, -0.2) is 5.11 Å². The van der Waals surface area contributed by atoms with Gasteiger partial charge < -0.3 is 10.0 Å². The van der Waals surface area contributed by atoms with Crippen LogP contribution in [0.15, 0.2) is 115 Å². The third kappa shape index (κ3) is 5.00. The van der Waals surface area contributed by atoms with E-state index in [2.05, 4.69) is 64.4 Å². The number of nitrogens with zero attached hydrogens (tertiary/aromatic N) is 3. The van der Waals surface area contributed by atoms with Crippen LogP contribution in [0.2, 0.25) is 0 Å². The molecule has 0 radical (unpaired) electrons. The third-order valence-corrected chi connectivity index (χ3v) is 7.50. The molecule has 0 spiro atoms. The highest BCUT2D eigenvalue weighted by atomic mass is 16.3. The summed E-state index contributed by atoms with van der Waals surface area (Å²) in [7, 11) is 0. The molecule has 42 heavy (non-hydrogen) atoms. The Balaban J connectivity index is 1.34. The van der Waals surface area contributed by atoms with E-state index in [0.29, 0.717) is 11.3 Å². The minimum absolute atomic E-state index is 0.0127. The number of aliphatic hydroxyl groups is 1. The average molecular weight is 542 g/mol. The number of aryl methyl sites for hydroxylation is 1. The van der Waals surface area contributed by atoms with E-state index in [1.807, 2.05) is 85.8 Å². The molecule has 6 aromatic rings. The molecule has 4 nitrogen and oxygen atoms in total. The molecule has 0 atom stereocenters. The quantitative estimate of drug-likeness (QED) is 0.130. The molecule has 0 aliphatic carbocycles. The van der Waals surface area contributed by atoms with Crippen molar-refractivity contribution in [3.8, 4) is 6.07 Å². The first-order valence-electron chi connectivity index (χ1n) is 13.7. The molecular formula is C38H27N3O. The van der Waals surface area contributed by atoms with Crippen molar-refractivity contribution in [3.05, 3.63) is 154 Å². The van der Waals surface area contributed by atoms with Gasteiger partial charge in [-0.15, -0.1) is 0 Å². The summed E-state index contributed by atoms with van der Waals surface area (Å²) in [4.78, 5) is 5.96. The predicted molar refractivity (Wildman–Crippen MR) is 173 cm³/mol. The van der Waals surface area contributed by atoms with Gasteiger partial charge in [0.2, 0.25) is 5.69 Å². The van der Waals surface area contributed by atoms with Gasteiger partial charge in [0.15, 0.2) is 0 Å². The molecule has 200 valence electrons. The normalized spacial score (nSPS) is 11.0. The molecule has 0 aromatic heterocycles. The maximum absolute atomic E-state index is 9.93. The van der Waals surface area contributed by atoms with Crippen LogP contribution in [0.1, 0.15) is 27.8 Å². The lowest BCUT2D eigenvalue weighted by Gasteiger charge is -2.25. The number of nitriles is 1. The van der Waals surface area contributed by atoms with Crippen LogP contribution in [-0.2, 0) is 6.61 Å². The lowest BCUT2D eigenvalue weighted by atomic mass is 9.93. The van der Waals surface area contributed by atoms with Gasteiger partial charge in [-0.2, -0.15) is 5.26 Å². The highest BCUT2D eigenvalue weighted by Gasteiger charge is 2.15. The Morgan fingerprint density at radius 3 is 1.98 bits per heavy atom. The number of anilines is 3. The molecule has 0 bridgehead atoms. The van der Waals surface area contributed by atoms with Gasteiger partial charge in [0.25, 0.3) is 0 Å². The van der Waals surface area contributed by atoms with Gasteiger partial charge in [0, 0.05) is 17.1 Å². The van der Waals surface area contributed by atoms with E-state index >= 15 is 0 Å². The van der Waals surface area contributed by atoms with Crippen molar-refractivity contribution in [2.75, 3.05) is 4.90 Å². The highest BCUT2D eigenvalue weighted by molar-refractivity contribution is 6.17. The topological polar surface area (TPSA) is 51.6 Å². The van der Waals surface area contributed by atoms with Crippen molar-refractivity contribution in [3.63, 3.8) is 0 Å². The summed E-state index contributed by atoms with van der Waals surface area (Å²) in [5, 5.41) is 23.0. The number of benzene rings is 6. The first-order chi connectivity index (χ1) is 20.6. The molecule has 0 saturated carbocycles. The van der Waals surface area contributed by atoms with Crippen molar-refractivity contribution < 1.29 is 5.11 Å². The minimum Gasteiger partial charge on any atom is -0.392 e. The zero-order chi connectivity index (χ0) is 29.1. The molecule has 0 aliphatic heterocycles. The molecule has 0 fully saturated rings. The largest absolute Gasteiger partial charge is 0.392 e. The second kappa shape index (κ2) is 11.4. The Kier molecular flexibility index (Phi) is 7.22. The zero-order valence-electron chi connectivity index (χ0n) is 23.1. The molecule has 0 amide bonds. The summed E-state index contributed by atoms with van der Waals surface area (Å²) in [6, 6.07) is 40.9. The monoisotopic (exact) mass is 541 g/mol. The van der Waals surface area contributed by atoms with Crippen LogP contribution in [0.5, 0.6) is 0 Å². The molecular weight excluding hydrogens is 514 g/mol. The van der Waals surface area contributed by atoms with Crippen LogP contribution in [0.25, 0.3) is 38.5 Å². The van der Waals surface area contributed by atoms with Crippen molar-refractivity contribution in [2.24, 2.45) is 0 Å². The van der Waals surface area contributed by atoms with Crippen molar-refractivity contribution >= 4 is 56.4 Å². The lowest BCUT2D eigenvalue weighted by Crippen LogP contribution is -2.09. The number of hydrogen-bond donors (Lipinski definition) is 1. The van der Waals surface area contributed by atoms with Crippen LogP contribution < -0.4 is 4.90 Å². The van der Waals surface area contributed by atoms with Gasteiger partial charge in [-0.1, -0.05) is 96.6 Å². The van der Waals surface area contributed by atoms with E-state index in [9.17, 15) is 10.4 Å². The number of aliphatic hydroxyl groups excluding tert-OH is 1. The van der Waals surface area contributed by atoms with Crippen molar-refractivity contribution in [1.82, 2.24) is 0 Å². The van der Waals surface area contributed by atoms with Gasteiger partial charge >= 0.3 is 0 Å². The van der Waals surface area contributed by atoms with E-state index in [1.165, 1.54) is 0 Å². The summed E-state index contributed by atoms with van der Waals surface area (Å²) in [6.45, 7) is 9.86. The number of fused-ring (bicyclic) bond motifs is 3. The fraction of sp³-hybridized carbons (Fsp3) is 0.0526. The molecule has 0 aliphatic rings. The van der Waals surface area contributed by atoms with Crippen LogP contribution >= 0.6 is 0 Å². The summed E-state index contributed by atoms with van der Waals surface area (Å²) in [5.74, 6) is 0. The van der Waals surface area contributed by atoms with E-state index in [1.54, 1.807) is 0 Å². The zero-order valence-corrected chi connectivity index (χ0v) is 23.1. The molecule has 6 aromatic carbocycles. The minimum atomic E-state index is 0.0127. The summed E-state index contributed by atoms with van der Waals surface area (Å²) in [5.41, 5.74) is 7.84. The Hall–Kier alpha value is -5.68. The molecule has 0 saturated heterocycles. The van der Waals surface area contributed by atoms with Gasteiger partial charge in [-0.05, 0) is 81.6 Å². The number of hydrogen-bond acceptors (Lipinski definition) is 3. The number of para-hydroxylation sites is 1. The van der Waals surface area contributed by atoms with Gasteiger partial charge in [0.05, 0.1) is 24.8 Å². The maximum atomic E-state index is 9.93. The second-order valence-electron chi connectivity index (χ2n) is 10.2. The highest BCUT2D eigenvalue weighted by Crippen LogP contribution is 2.39. The Morgan fingerprint density at radius 1 is 0.714 bits per heavy atom. The lowest BCUT2D eigenvalue weighted by molar-refractivity contribution is 0.282. The summed E-state index contributed by atoms with van der Waals surface area (Å²) >= 11 is 0. The summed E-state index contributed by atoms with van der Waals surface area (Å²) < 4.78 is 0. The first kappa shape index (κ1) is 26.5. The predicted octanol–water partition coefficient (Wildman–Crippen LogP) is 9.86. The fourth-order valence-corrected chi connectivity index (χ4v) is 5.39. The van der Waals surface area contributed by atoms with Gasteiger partial charge in [-0.3, -0.25) is 0 Å². The van der Waals surface area contributed by atoms with Gasteiger partial charge in [-0.25, -0.2) is 4.85 Å². The second-order valence-corrected chi connectivity index (χ2v) is 10.2. The standard InChI is InChI=1S/C38H27N3O/c1-26-8-20-33-34-21-15-28(23-36(34)38(40-2)37(24-39)35(33)22-26)10-9-27-11-16-31(17-12-27)41(30-6-4-3-5-7-30)32-18-13-29(25-42)14-19-32/h3-23,42H,25H2,1H3. The Morgan fingerprint density at radius 2 is 1.31 bits per heavy atom. The number of rotatable bonds is 6. The maximum Gasteiger partial charge on any atom is 0.212 e. The van der Waals surface area contributed by atoms with Crippen molar-refractivity contribution in [2.45, 2.75) is 13.5 Å². The van der Waals surface area contributed by atoms with Crippen LogP contribution in [0, 0.1) is 24.8 Å². The molecule has 0 unspecified atom stereocenters. The third-order valence-electron chi connectivity index (χ3n) is 7.50. The average Bonchev–Trinajstić information content (AvgIpc) is 3.04. The Labute approximate surface area is 245 Å². The molecule has 1 N–H and O–H groups in total.